The third-order valence-electron chi connectivity index (χ3n) is 3.58. The molecule has 0 bridgehead atoms. The molecular formula is C18H19F3N2O3. The van der Waals surface area contributed by atoms with Crippen molar-refractivity contribution in [1.82, 2.24) is 5.32 Å². The summed E-state index contributed by atoms with van der Waals surface area (Å²) in [6.45, 7) is 0.109. The lowest BCUT2D eigenvalue weighted by Crippen LogP contribution is -2.29. The molecular weight excluding hydrogens is 349 g/mol. The Morgan fingerprint density at radius 2 is 1.77 bits per heavy atom. The molecule has 140 valence electrons. The molecule has 0 heterocycles. The Hall–Kier alpha value is -2.90. The molecule has 0 radical (unpaired) electrons. The zero-order chi connectivity index (χ0) is 19.2. The van der Waals surface area contributed by atoms with E-state index in [0.29, 0.717) is 11.5 Å². The number of nitrogens with one attached hydrogen (secondary N) is 2. The molecule has 2 aromatic carbocycles. The number of ether oxygens (including phenoxy) is 2. The summed E-state index contributed by atoms with van der Waals surface area (Å²) < 4.78 is 48.3. The van der Waals surface area contributed by atoms with E-state index in [1.54, 1.807) is 18.2 Å². The molecule has 0 aliphatic carbocycles. The number of alkyl halides is 3. The summed E-state index contributed by atoms with van der Waals surface area (Å²) in [5, 5.41) is 5.36. The highest BCUT2D eigenvalue weighted by Gasteiger charge is 2.30. The van der Waals surface area contributed by atoms with Crippen LogP contribution in [-0.4, -0.2) is 26.7 Å². The number of carbonyl (C=O) groups is 1. The Labute approximate surface area is 149 Å². The Bertz CT molecular complexity index is 764. The van der Waals surface area contributed by atoms with Gasteiger partial charge in [-0.05, 0) is 35.9 Å². The minimum absolute atomic E-state index is 0.144. The predicted molar refractivity (Wildman–Crippen MR) is 91.3 cm³/mol. The van der Waals surface area contributed by atoms with Gasteiger partial charge in [0.05, 0.1) is 26.3 Å². The van der Waals surface area contributed by atoms with E-state index in [1.165, 1.54) is 26.4 Å². The molecule has 0 saturated carbocycles. The van der Waals surface area contributed by atoms with Gasteiger partial charge in [-0.2, -0.15) is 13.2 Å². The van der Waals surface area contributed by atoms with Crippen LogP contribution in [0, 0.1) is 0 Å². The molecule has 0 aliphatic heterocycles. The largest absolute Gasteiger partial charge is 0.493 e. The fraction of sp³-hybridized carbons (Fsp3) is 0.278. The van der Waals surface area contributed by atoms with Crippen LogP contribution in [0.25, 0.3) is 0 Å². The normalized spacial score (nSPS) is 11.0. The number of benzene rings is 2. The highest BCUT2D eigenvalue weighted by Crippen LogP contribution is 2.30. The predicted octanol–water partition coefficient (Wildman–Crippen LogP) is 3.45. The third-order valence-corrected chi connectivity index (χ3v) is 3.58. The van der Waals surface area contributed by atoms with Crippen molar-refractivity contribution in [2.75, 3.05) is 26.1 Å². The van der Waals surface area contributed by atoms with E-state index in [2.05, 4.69) is 10.6 Å². The molecule has 0 atom stereocenters. The van der Waals surface area contributed by atoms with E-state index in [0.717, 1.165) is 17.7 Å². The molecule has 0 fully saturated rings. The molecule has 0 saturated heterocycles. The van der Waals surface area contributed by atoms with Crippen LogP contribution in [-0.2, 0) is 17.5 Å². The maximum atomic E-state index is 12.7. The van der Waals surface area contributed by atoms with Gasteiger partial charge in [0, 0.05) is 12.2 Å². The molecule has 2 aromatic rings. The van der Waals surface area contributed by atoms with Gasteiger partial charge in [-0.25, -0.2) is 0 Å². The summed E-state index contributed by atoms with van der Waals surface area (Å²) in [4.78, 5) is 11.9. The van der Waals surface area contributed by atoms with Crippen LogP contribution >= 0.6 is 0 Å². The van der Waals surface area contributed by atoms with Crippen LogP contribution in [0.4, 0.5) is 18.9 Å². The molecule has 26 heavy (non-hydrogen) atoms. The average Bonchev–Trinajstić information content (AvgIpc) is 2.64. The van der Waals surface area contributed by atoms with Crippen molar-refractivity contribution in [1.29, 1.82) is 0 Å². The standard InChI is InChI=1S/C18H19F3N2O3/c1-25-15-7-6-12(8-16(15)26-2)10-23-17(24)11-22-14-5-3-4-13(9-14)18(19,20)21/h3-9,22H,10-11H2,1-2H3,(H,23,24). The van der Waals surface area contributed by atoms with Crippen molar-refractivity contribution in [3.63, 3.8) is 0 Å². The first-order valence-corrected chi connectivity index (χ1v) is 7.72. The van der Waals surface area contributed by atoms with Gasteiger partial charge in [0.15, 0.2) is 11.5 Å². The smallest absolute Gasteiger partial charge is 0.416 e. The molecule has 0 unspecified atom stereocenters. The number of halogens is 3. The van der Waals surface area contributed by atoms with Crippen LogP contribution in [0.2, 0.25) is 0 Å². The first-order chi connectivity index (χ1) is 12.3. The lowest BCUT2D eigenvalue weighted by atomic mass is 10.2. The van der Waals surface area contributed by atoms with E-state index in [1.807, 2.05) is 0 Å². The molecule has 1 amide bonds. The summed E-state index contributed by atoms with van der Waals surface area (Å²) in [5.41, 5.74) is 0.254. The van der Waals surface area contributed by atoms with Crippen LogP contribution in [0.3, 0.4) is 0 Å². The van der Waals surface area contributed by atoms with Crippen LogP contribution in [0.5, 0.6) is 11.5 Å². The van der Waals surface area contributed by atoms with Gasteiger partial charge in [-0.1, -0.05) is 12.1 Å². The van der Waals surface area contributed by atoms with Gasteiger partial charge in [0.25, 0.3) is 0 Å². The monoisotopic (exact) mass is 368 g/mol. The Balaban J connectivity index is 1.88. The zero-order valence-electron chi connectivity index (χ0n) is 14.3. The number of anilines is 1. The molecule has 0 aromatic heterocycles. The molecule has 5 nitrogen and oxygen atoms in total. The first kappa shape index (κ1) is 19.4. The second-order valence-corrected chi connectivity index (χ2v) is 5.40. The highest BCUT2D eigenvalue weighted by molar-refractivity contribution is 5.80. The van der Waals surface area contributed by atoms with Crippen molar-refractivity contribution in [3.05, 3.63) is 53.6 Å². The number of hydrogen-bond acceptors (Lipinski definition) is 4. The van der Waals surface area contributed by atoms with E-state index in [9.17, 15) is 18.0 Å². The Morgan fingerprint density at radius 1 is 1.04 bits per heavy atom. The first-order valence-electron chi connectivity index (χ1n) is 7.72. The van der Waals surface area contributed by atoms with Gasteiger partial charge in [-0.3, -0.25) is 4.79 Å². The number of methoxy groups -OCH3 is 2. The summed E-state index contributed by atoms with van der Waals surface area (Å²) in [6, 6.07) is 9.93. The van der Waals surface area contributed by atoms with Crippen molar-refractivity contribution in [3.8, 4) is 11.5 Å². The SMILES string of the molecule is COc1ccc(CNC(=O)CNc2cccc(C(F)(F)F)c2)cc1OC. The molecule has 2 N–H and O–H groups in total. The third kappa shape index (κ3) is 5.30. The number of carbonyl (C=O) groups excluding carboxylic acids is 1. The van der Waals surface area contributed by atoms with Gasteiger partial charge in [-0.15, -0.1) is 0 Å². The fourth-order valence-electron chi connectivity index (χ4n) is 2.24. The van der Waals surface area contributed by atoms with Crippen molar-refractivity contribution >= 4 is 11.6 Å². The van der Waals surface area contributed by atoms with Crippen LogP contribution in [0.1, 0.15) is 11.1 Å². The van der Waals surface area contributed by atoms with Crippen molar-refractivity contribution in [2.45, 2.75) is 12.7 Å². The van der Waals surface area contributed by atoms with E-state index in [-0.39, 0.29) is 24.7 Å². The zero-order valence-corrected chi connectivity index (χ0v) is 14.3. The van der Waals surface area contributed by atoms with Gasteiger partial charge >= 0.3 is 6.18 Å². The highest BCUT2D eigenvalue weighted by atomic mass is 19.4. The lowest BCUT2D eigenvalue weighted by Gasteiger charge is -2.12. The second kappa shape index (κ2) is 8.46. The number of hydrogen-bond donors (Lipinski definition) is 2. The van der Waals surface area contributed by atoms with E-state index < -0.39 is 11.7 Å². The summed E-state index contributed by atoms with van der Waals surface area (Å²) in [6.07, 6.45) is -4.42. The topological polar surface area (TPSA) is 59.6 Å². The Morgan fingerprint density at radius 3 is 2.42 bits per heavy atom. The summed E-state index contributed by atoms with van der Waals surface area (Å²) in [5.74, 6) is 0.771. The summed E-state index contributed by atoms with van der Waals surface area (Å²) >= 11 is 0. The molecule has 8 heteroatoms. The maximum absolute atomic E-state index is 12.7. The van der Waals surface area contributed by atoms with E-state index >= 15 is 0 Å². The molecule has 0 aliphatic rings. The molecule has 0 spiro atoms. The van der Waals surface area contributed by atoms with Crippen molar-refractivity contribution < 1.29 is 27.4 Å². The van der Waals surface area contributed by atoms with E-state index in [4.69, 9.17) is 9.47 Å². The lowest BCUT2D eigenvalue weighted by molar-refractivity contribution is -0.137. The quantitative estimate of drug-likeness (QED) is 0.786. The average molecular weight is 368 g/mol. The fourth-order valence-corrected chi connectivity index (χ4v) is 2.24. The number of rotatable bonds is 7. The minimum Gasteiger partial charge on any atom is -0.493 e. The second-order valence-electron chi connectivity index (χ2n) is 5.40. The van der Waals surface area contributed by atoms with Crippen LogP contribution in [0.15, 0.2) is 42.5 Å². The van der Waals surface area contributed by atoms with Gasteiger partial charge < -0.3 is 20.1 Å². The number of amides is 1. The van der Waals surface area contributed by atoms with Gasteiger partial charge in [0.1, 0.15) is 0 Å². The van der Waals surface area contributed by atoms with Gasteiger partial charge in [0.2, 0.25) is 5.91 Å². The van der Waals surface area contributed by atoms with Crippen molar-refractivity contribution in [2.24, 2.45) is 0 Å². The van der Waals surface area contributed by atoms with Crippen LogP contribution < -0.4 is 20.1 Å². The minimum atomic E-state index is -4.42. The molecule has 2 rings (SSSR count). The summed E-state index contributed by atoms with van der Waals surface area (Å²) in [7, 11) is 3.04. The Kier molecular flexibility index (Phi) is 6.32. The maximum Gasteiger partial charge on any atom is 0.416 e.